The number of hydrogen-bond donors (Lipinski definition) is 1. The smallest absolute Gasteiger partial charge is 0.395 e. The molecule has 1 aromatic carbocycles. The molecule has 1 aliphatic heterocycles. The number of anilines is 1. The van der Waals surface area contributed by atoms with Crippen LogP contribution in [0.15, 0.2) is 30.6 Å². The van der Waals surface area contributed by atoms with Gasteiger partial charge < -0.3 is 14.8 Å². The number of nitrogens with zero attached hydrogens (tertiary/aromatic N) is 3. The van der Waals surface area contributed by atoms with Gasteiger partial charge in [-0.1, -0.05) is 34.8 Å². The number of carbonyl (C=O) groups excluding carboxylic acids is 1. The monoisotopic (exact) mass is 460 g/mol. The number of hydrogen-bond acceptors (Lipinski definition) is 5. The van der Waals surface area contributed by atoms with E-state index in [0.29, 0.717) is 11.3 Å². The second-order valence-electron chi connectivity index (χ2n) is 5.92. The molecule has 7 nitrogen and oxygen atoms in total. The first kappa shape index (κ1) is 19.7. The minimum atomic E-state index is -3.77. The van der Waals surface area contributed by atoms with Crippen molar-refractivity contribution in [2.75, 3.05) is 5.32 Å². The molecule has 3 aromatic rings. The molecule has 0 fully saturated rings. The lowest BCUT2D eigenvalue weighted by molar-refractivity contribution is -0.286. The Morgan fingerprint density at radius 2 is 1.69 bits per heavy atom. The van der Waals surface area contributed by atoms with Crippen LogP contribution >= 0.6 is 34.8 Å². The molecule has 0 atom stereocenters. The van der Waals surface area contributed by atoms with Crippen LogP contribution in [0.5, 0.6) is 11.5 Å². The van der Waals surface area contributed by atoms with Crippen molar-refractivity contribution in [3.05, 3.63) is 51.4 Å². The fourth-order valence-corrected chi connectivity index (χ4v) is 3.42. The highest BCUT2D eigenvalue weighted by molar-refractivity contribution is 6.39. The Morgan fingerprint density at radius 3 is 2.34 bits per heavy atom. The number of fused-ring (bicyclic) bond motifs is 1. The third-order valence-corrected chi connectivity index (χ3v) is 4.86. The first-order chi connectivity index (χ1) is 13.6. The van der Waals surface area contributed by atoms with E-state index < -0.39 is 12.2 Å². The normalized spacial score (nSPS) is 14.1. The zero-order chi connectivity index (χ0) is 20.9. The van der Waals surface area contributed by atoms with Crippen LogP contribution in [0.1, 0.15) is 10.5 Å². The number of aromatic nitrogens is 3. The van der Waals surface area contributed by atoms with E-state index in [-0.39, 0.29) is 37.9 Å². The molecule has 0 aliphatic carbocycles. The third-order valence-electron chi connectivity index (χ3n) is 3.97. The molecule has 2 aromatic heterocycles. The summed E-state index contributed by atoms with van der Waals surface area (Å²) in [6, 6.07) is 3.92. The highest BCUT2D eigenvalue weighted by Crippen LogP contribution is 2.46. The van der Waals surface area contributed by atoms with E-state index >= 15 is 0 Å². The largest absolute Gasteiger partial charge is 0.586 e. The summed E-state index contributed by atoms with van der Waals surface area (Å²) in [5, 5.41) is 7.11. The molecule has 29 heavy (non-hydrogen) atoms. The van der Waals surface area contributed by atoms with E-state index in [4.69, 9.17) is 34.8 Å². The first-order valence-electron chi connectivity index (χ1n) is 7.89. The third kappa shape index (κ3) is 3.68. The summed E-state index contributed by atoms with van der Waals surface area (Å²) >= 11 is 18.2. The van der Waals surface area contributed by atoms with Crippen LogP contribution in [0.3, 0.4) is 0 Å². The van der Waals surface area contributed by atoms with Gasteiger partial charge in [0, 0.05) is 31.1 Å². The van der Waals surface area contributed by atoms with E-state index in [1.807, 2.05) is 0 Å². The molecule has 3 heterocycles. The number of pyridine rings is 1. The van der Waals surface area contributed by atoms with E-state index in [1.165, 1.54) is 35.3 Å². The standard InChI is InChI=1S/C17H9Cl3F2N4O3/c1-26-12(7-2-13-14(3-8(7)18)29-17(21,22)28-13)4-11(25-26)16(27)24-15-9(19)5-23-6-10(15)20/h2-6H,1H3,(H,23,24,27). The van der Waals surface area contributed by atoms with Gasteiger partial charge in [0.05, 0.1) is 26.4 Å². The fraction of sp³-hybridized carbons (Fsp3) is 0.118. The second kappa shape index (κ2) is 7.01. The molecule has 1 aliphatic rings. The maximum Gasteiger partial charge on any atom is 0.586 e. The van der Waals surface area contributed by atoms with Gasteiger partial charge in [-0.2, -0.15) is 5.10 Å². The number of nitrogens with one attached hydrogen (secondary N) is 1. The topological polar surface area (TPSA) is 78.3 Å². The Morgan fingerprint density at radius 1 is 1.07 bits per heavy atom. The van der Waals surface area contributed by atoms with Crippen LogP contribution in [-0.2, 0) is 7.05 Å². The van der Waals surface area contributed by atoms with Crippen molar-refractivity contribution in [3.63, 3.8) is 0 Å². The van der Waals surface area contributed by atoms with Gasteiger partial charge >= 0.3 is 6.29 Å². The summed E-state index contributed by atoms with van der Waals surface area (Å²) in [7, 11) is 1.56. The van der Waals surface area contributed by atoms with Crippen molar-refractivity contribution in [2.45, 2.75) is 6.29 Å². The average molecular weight is 462 g/mol. The zero-order valence-corrected chi connectivity index (χ0v) is 16.6. The lowest BCUT2D eigenvalue weighted by Crippen LogP contribution is -2.25. The predicted octanol–water partition coefficient (Wildman–Crippen LogP) is 5.02. The SMILES string of the molecule is Cn1nc(C(=O)Nc2c(Cl)cncc2Cl)cc1-c1cc2c(cc1Cl)OC(F)(F)O2. The molecule has 4 rings (SSSR count). The summed E-state index contributed by atoms with van der Waals surface area (Å²) in [5.41, 5.74) is 0.906. The number of rotatable bonds is 3. The van der Waals surface area contributed by atoms with Crippen molar-refractivity contribution in [1.82, 2.24) is 14.8 Å². The van der Waals surface area contributed by atoms with Crippen molar-refractivity contribution >= 4 is 46.4 Å². The fourth-order valence-electron chi connectivity index (χ4n) is 2.71. The Balaban J connectivity index is 1.67. The molecular formula is C17H9Cl3F2N4O3. The number of benzene rings is 1. The van der Waals surface area contributed by atoms with E-state index in [2.05, 4.69) is 24.9 Å². The van der Waals surface area contributed by atoms with Crippen LogP contribution in [0.2, 0.25) is 15.1 Å². The molecule has 0 bridgehead atoms. The molecular weight excluding hydrogens is 453 g/mol. The van der Waals surface area contributed by atoms with Crippen molar-refractivity contribution in [3.8, 4) is 22.8 Å². The Hall–Kier alpha value is -2.62. The lowest BCUT2D eigenvalue weighted by atomic mass is 10.1. The van der Waals surface area contributed by atoms with Crippen molar-refractivity contribution < 1.29 is 23.0 Å². The summed E-state index contributed by atoms with van der Waals surface area (Å²) in [6.45, 7) is 0. The maximum atomic E-state index is 13.3. The highest BCUT2D eigenvalue weighted by Gasteiger charge is 2.44. The van der Waals surface area contributed by atoms with Crippen molar-refractivity contribution in [2.24, 2.45) is 7.05 Å². The maximum absolute atomic E-state index is 13.3. The van der Waals surface area contributed by atoms with Gasteiger partial charge in [0.1, 0.15) is 0 Å². The van der Waals surface area contributed by atoms with Gasteiger partial charge in [0.2, 0.25) is 0 Å². The second-order valence-corrected chi connectivity index (χ2v) is 7.14. The Kier molecular flexibility index (Phi) is 4.76. The van der Waals surface area contributed by atoms with Gasteiger partial charge in [-0.3, -0.25) is 14.5 Å². The van der Waals surface area contributed by atoms with Crippen LogP contribution in [0.4, 0.5) is 14.5 Å². The lowest BCUT2D eigenvalue weighted by Gasteiger charge is -2.06. The van der Waals surface area contributed by atoms with Crippen LogP contribution in [-0.4, -0.2) is 27.0 Å². The number of carbonyl (C=O) groups is 1. The molecule has 0 saturated carbocycles. The quantitative estimate of drug-likeness (QED) is 0.593. The van der Waals surface area contributed by atoms with Crippen LogP contribution in [0.25, 0.3) is 11.3 Å². The molecule has 12 heteroatoms. The highest BCUT2D eigenvalue weighted by atomic mass is 35.5. The van der Waals surface area contributed by atoms with Gasteiger partial charge in [0.15, 0.2) is 17.2 Å². The summed E-state index contributed by atoms with van der Waals surface area (Å²) in [5.74, 6) is -0.965. The minimum absolute atomic E-state index is 0.0190. The number of amides is 1. The molecule has 0 unspecified atom stereocenters. The van der Waals surface area contributed by atoms with Gasteiger partial charge in [-0.05, 0) is 12.1 Å². The molecule has 150 valence electrons. The summed E-state index contributed by atoms with van der Waals surface area (Å²) < 4.78 is 36.8. The van der Waals surface area contributed by atoms with Gasteiger partial charge in [-0.25, -0.2) is 0 Å². The number of alkyl halides is 2. The van der Waals surface area contributed by atoms with Crippen molar-refractivity contribution in [1.29, 1.82) is 0 Å². The minimum Gasteiger partial charge on any atom is -0.395 e. The van der Waals surface area contributed by atoms with E-state index in [1.54, 1.807) is 7.05 Å². The predicted molar refractivity (Wildman–Crippen MR) is 102 cm³/mol. The Bertz CT molecular complexity index is 1130. The number of halogens is 5. The molecule has 0 spiro atoms. The van der Waals surface area contributed by atoms with Gasteiger partial charge in [-0.15, -0.1) is 8.78 Å². The summed E-state index contributed by atoms with van der Waals surface area (Å²) in [4.78, 5) is 16.4. The molecule has 1 amide bonds. The number of aryl methyl sites for hydroxylation is 1. The van der Waals surface area contributed by atoms with E-state index in [0.717, 1.165) is 0 Å². The van der Waals surface area contributed by atoms with Gasteiger partial charge in [0.25, 0.3) is 5.91 Å². The summed E-state index contributed by atoms with van der Waals surface area (Å²) in [6.07, 6.45) is -1.12. The zero-order valence-electron chi connectivity index (χ0n) is 14.3. The molecule has 0 saturated heterocycles. The van der Waals surface area contributed by atoms with E-state index in [9.17, 15) is 13.6 Å². The Labute approximate surface area is 177 Å². The molecule has 1 N–H and O–H groups in total. The number of ether oxygens (including phenoxy) is 2. The average Bonchev–Trinajstić information content (AvgIpc) is 3.15. The molecule has 0 radical (unpaired) electrons. The first-order valence-corrected chi connectivity index (χ1v) is 9.02. The van der Waals surface area contributed by atoms with Crippen LogP contribution < -0.4 is 14.8 Å². The van der Waals surface area contributed by atoms with Crippen LogP contribution in [0, 0.1) is 0 Å².